The van der Waals surface area contributed by atoms with E-state index in [1.54, 1.807) is 0 Å². The van der Waals surface area contributed by atoms with E-state index in [0.717, 1.165) is 77.6 Å². The highest BCUT2D eigenvalue weighted by Gasteiger charge is 2.26. The predicted octanol–water partition coefficient (Wildman–Crippen LogP) is 13.4. The van der Waals surface area contributed by atoms with Crippen molar-refractivity contribution in [1.82, 2.24) is 4.98 Å². The summed E-state index contributed by atoms with van der Waals surface area (Å²) >= 11 is 0. The molecular formula is C47H30N2O2. The van der Waals surface area contributed by atoms with E-state index < -0.39 is 0 Å². The maximum Gasteiger partial charge on any atom is 0.230 e. The molecule has 0 aliphatic rings. The van der Waals surface area contributed by atoms with Gasteiger partial charge < -0.3 is 13.7 Å². The second-order valence-corrected chi connectivity index (χ2v) is 12.8. The molecule has 0 saturated heterocycles. The molecule has 2 aromatic heterocycles. The highest BCUT2D eigenvalue weighted by molar-refractivity contribution is 6.18. The van der Waals surface area contributed by atoms with Crippen LogP contribution < -0.4 is 4.90 Å². The minimum absolute atomic E-state index is 0.541. The smallest absolute Gasteiger partial charge is 0.230 e. The van der Waals surface area contributed by atoms with Crippen molar-refractivity contribution >= 4 is 60.9 Å². The first-order valence-electron chi connectivity index (χ1n) is 17.1. The fourth-order valence-corrected chi connectivity index (χ4v) is 7.22. The number of furan rings is 1. The van der Waals surface area contributed by atoms with Crippen molar-refractivity contribution in [3.05, 3.63) is 182 Å². The molecule has 0 aliphatic heterocycles. The van der Waals surface area contributed by atoms with Gasteiger partial charge in [-0.25, -0.2) is 4.98 Å². The first-order valence-corrected chi connectivity index (χ1v) is 17.1. The third-order valence-electron chi connectivity index (χ3n) is 9.70. The summed E-state index contributed by atoms with van der Waals surface area (Å²) in [4.78, 5) is 7.38. The van der Waals surface area contributed by atoms with Crippen LogP contribution in [-0.4, -0.2) is 4.98 Å². The number of benzene rings is 8. The lowest BCUT2D eigenvalue weighted by molar-refractivity contribution is 0.620. The molecule has 4 nitrogen and oxygen atoms in total. The average molecular weight is 655 g/mol. The van der Waals surface area contributed by atoms with Crippen molar-refractivity contribution < 1.29 is 8.83 Å². The van der Waals surface area contributed by atoms with Crippen LogP contribution in [0.15, 0.2) is 191 Å². The molecule has 10 aromatic rings. The Bertz CT molecular complexity index is 2720. The van der Waals surface area contributed by atoms with Gasteiger partial charge >= 0.3 is 0 Å². The maximum atomic E-state index is 6.61. The number of hydrogen-bond acceptors (Lipinski definition) is 4. The van der Waals surface area contributed by atoms with Gasteiger partial charge in [0.1, 0.15) is 16.7 Å². The van der Waals surface area contributed by atoms with Gasteiger partial charge in [0.25, 0.3) is 0 Å². The predicted molar refractivity (Wildman–Crippen MR) is 210 cm³/mol. The summed E-state index contributed by atoms with van der Waals surface area (Å²) in [5.74, 6) is 0.541. The highest BCUT2D eigenvalue weighted by Crippen LogP contribution is 2.48. The Kier molecular flexibility index (Phi) is 6.78. The zero-order valence-electron chi connectivity index (χ0n) is 27.5. The van der Waals surface area contributed by atoms with Crippen molar-refractivity contribution in [3.8, 4) is 33.7 Å². The summed E-state index contributed by atoms with van der Waals surface area (Å²) in [6.45, 7) is 0. The molecule has 0 unspecified atom stereocenters. The van der Waals surface area contributed by atoms with E-state index in [2.05, 4.69) is 150 Å². The summed E-state index contributed by atoms with van der Waals surface area (Å²) in [6, 6.07) is 63.3. The Labute approximate surface area is 294 Å². The fraction of sp³-hybridized carbons (Fsp3) is 0. The third-order valence-corrected chi connectivity index (χ3v) is 9.70. The van der Waals surface area contributed by atoms with E-state index in [0.29, 0.717) is 5.89 Å². The van der Waals surface area contributed by atoms with Gasteiger partial charge in [0, 0.05) is 22.1 Å². The van der Waals surface area contributed by atoms with Crippen LogP contribution >= 0.6 is 0 Å². The normalized spacial score (nSPS) is 11.5. The minimum atomic E-state index is 0.541. The lowest BCUT2D eigenvalue weighted by atomic mass is 9.99. The Hall–Kier alpha value is -6.91. The molecule has 0 saturated carbocycles. The molecule has 2 heterocycles. The molecule has 51 heavy (non-hydrogen) atoms. The molecule has 8 aromatic carbocycles. The van der Waals surface area contributed by atoms with Gasteiger partial charge in [-0.1, -0.05) is 121 Å². The van der Waals surface area contributed by atoms with Gasteiger partial charge in [0.15, 0.2) is 5.58 Å². The lowest BCUT2D eigenvalue weighted by Gasteiger charge is -2.28. The van der Waals surface area contributed by atoms with E-state index in [1.165, 1.54) is 11.1 Å². The van der Waals surface area contributed by atoms with E-state index in [-0.39, 0.29) is 0 Å². The quantitative estimate of drug-likeness (QED) is 0.179. The van der Waals surface area contributed by atoms with E-state index in [4.69, 9.17) is 13.8 Å². The number of aromatic nitrogens is 1. The van der Waals surface area contributed by atoms with E-state index in [9.17, 15) is 0 Å². The Morgan fingerprint density at radius 3 is 1.59 bits per heavy atom. The summed E-state index contributed by atoms with van der Waals surface area (Å²) in [5.41, 5.74) is 11.6. The third kappa shape index (κ3) is 5.04. The van der Waals surface area contributed by atoms with E-state index >= 15 is 0 Å². The monoisotopic (exact) mass is 654 g/mol. The number of fused-ring (bicyclic) bond motifs is 5. The van der Waals surface area contributed by atoms with Crippen molar-refractivity contribution in [3.63, 3.8) is 0 Å². The number of hydrogen-bond donors (Lipinski definition) is 0. The van der Waals surface area contributed by atoms with Crippen molar-refractivity contribution in [2.45, 2.75) is 0 Å². The molecule has 240 valence electrons. The summed E-state index contributed by atoms with van der Waals surface area (Å²) in [7, 11) is 0. The molecule has 0 N–H and O–H groups in total. The van der Waals surface area contributed by atoms with Gasteiger partial charge in [0.05, 0.1) is 11.3 Å². The van der Waals surface area contributed by atoms with E-state index in [1.807, 2.05) is 36.4 Å². The zero-order chi connectivity index (χ0) is 33.7. The largest absolute Gasteiger partial charge is 0.456 e. The van der Waals surface area contributed by atoms with Crippen LogP contribution in [0, 0.1) is 0 Å². The maximum absolute atomic E-state index is 6.61. The van der Waals surface area contributed by atoms with Gasteiger partial charge in [-0.05, 0) is 93.7 Å². The van der Waals surface area contributed by atoms with Crippen LogP contribution in [0.2, 0.25) is 0 Å². The molecule has 0 radical (unpaired) electrons. The molecule has 0 atom stereocenters. The van der Waals surface area contributed by atoms with Crippen molar-refractivity contribution in [2.75, 3.05) is 4.90 Å². The average Bonchev–Trinajstić information content (AvgIpc) is 3.79. The highest BCUT2D eigenvalue weighted by atomic mass is 16.3. The summed E-state index contributed by atoms with van der Waals surface area (Å²) in [5, 5.41) is 4.26. The van der Waals surface area contributed by atoms with Gasteiger partial charge in [-0.15, -0.1) is 0 Å². The molecule has 4 heteroatoms. The standard InChI is InChI=1S/C47H30N2O2/c1-3-11-31(12-4-1)33-19-23-37(24-20-33)49(38-25-21-34(22-26-38)32-13-5-2-6-14-32)41-27-28-43-45(46(41)47-48-40-17-9-10-18-42(40)51-47)39-29-35-15-7-8-16-36(35)30-44(39)50-43/h1-30H. The molecular weight excluding hydrogens is 625 g/mol. The molecule has 0 fully saturated rings. The molecule has 0 bridgehead atoms. The van der Waals surface area contributed by atoms with Crippen LogP contribution in [0.5, 0.6) is 0 Å². The van der Waals surface area contributed by atoms with Crippen molar-refractivity contribution in [1.29, 1.82) is 0 Å². The first kappa shape index (κ1) is 29.0. The molecule has 0 spiro atoms. The Balaban J connectivity index is 1.25. The minimum Gasteiger partial charge on any atom is -0.456 e. The number of nitrogens with zero attached hydrogens (tertiary/aromatic N) is 2. The van der Waals surface area contributed by atoms with Crippen LogP contribution in [-0.2, 0) is 0 Å². The zero-order valence-corrected chi connectivity index (χ0v) is 27.5. The topological polar surface area (TPSA) is 42.4 Å². The summed E-state index contributed by atoms with van der Waals surface area (Å²) in [6.07, 6.45) is 0. The SMILES string of the molecule is c1ccc(-c2ccc(N(c3ccc(-c4ccccc4)cc3)c3ccc4oc5cc6ccccc6cc5c4c3-c3nc4ccccc4o3)cc2)cc1. The van der Waals surface area contributed by atoms with Crippen LogP contribution in [0.25, 0.3) is 77.5 Å². The molecule has 0 amide bonds. The number of rotatable bonds is 6. The fourth-order valence-electron chi connectivity index (χ4n) is 7.22. The Morgan fingerprint density at radius 1 is 0.412 bits per heavy atom. The second kappa shape index (κ2) is 11.9. The number of oxazole rings is 1. The van der Waals surface area contributed by atoms with Crippen molar-refractivity contribution in [2.24, 2.45) is 0 Å². The van der Waals surface area contributed by atoms with Gasteiger partial charge in [0.2, 0.25) is 5.89 Å². The first-order chi connectivity index (χ1) is 25.3. The number of para-hydroxylation sites is 2. The van der Waals surface area contributed by atoms with Crippen LogP contribution in [0.3, 0.4) is 0 Å². The Morgan fingerprint density at radius 2 is 0.961 bits per heavy atom. The number of anilines is 3. The molecule has 0 aliphatic carbocycles. The van der Waals surface area contributed by atoms with Crippen LogP contribution in [0.1, 0.15) is 0 Å². The summed E-state index contributed by atoms with van der Waals surface area (Å²) < 4.78 is 13.2. The van der Waals surface area contributed by atoms with Crippen LogP contribution in [0.4, 0.5) is 17.1 Å². The van der Waals surface area contributed by atoms with Gasteiger partial charge in [-0.3, -0.25) is 0 Å². The molecule has 10 rings (SSSR count). The lowest BCUT2D eigenvalue weighted by Crippen LogP contribution is -2.11. The van der Waals surface area contributed by atoms with Gasteiger partial charge in [-0.2, -0.15) is 0 Å². The second-order valence-electron chi connectivity index (χ2n) is 12.8.